The summed E-state index contributed by atoms with van der Waals surface area (Å²) >= 11 is 0. The fourth-order valence-electron chi connectivity index (χ4n) is 1.52. The standard InChI is InChI=1S/C15H24O4/c1-5-8-9-13(7-3)19-15(17)11-10-14(16)18-12(4)6-2/h2,12-13H,5,7-11H2,1,3-4H3. The average molecular weight is 268 g/mol. The molecule has 4 nitrogen and oxygen atoms in total. The summed E-state index contributed by atoms with van der Waals surface area (Å²) in [6, 6.07) is 0. The molecule has 0 N–H and O–H groups in total. The van der Waals surface area contributed by atoms with Crippen LogP contribution in [0.5, 0.6) is 0 Å². The van der Waals surface area contributed by atoms with E-state index in [2.05, 4.69) is 12.8 Å². The number of rotatable bonds is 9. The second-order valence-corrected chi connectivity index (χ2v) is 4.46. The molecule has 0 aromatic rings. The summed E-state index contributed by atoms with van der Waals surface area (Å²) in [5.74, 6) is 1.47. The lowest BCUT2D eigenvalue weighted by Crippen LogP contribution is -2.19. The number of carbonyl (C=O) groups excluding carboxylic acids is 2. The number of terminal acetylenes is 1. The lowest BCUT2D eigenvalue weighted by Gasteiger charge is -2.15. The Morgan fingerprint density at radius 3 is 2.21 bits per heavy atom. The van der Waals surface area contributed by atoms with Crippen LogP contribution in [0.4, 0.5) is 0 Å². The highest BCUT2D eigenvalue weighted by molar-refractivity contribution is 5.77. The number of unbranched alkanes of at least 4 members (excludes halogenated alkanes) is 1. The molecule has 0 saturated heterocycles. The molecule has 0 aromatic carbocycles. The number of ether oxygens (including phenoxy) is 2. The van der Waals surface area contributed by atoms with E-state index in [-0.39, 0.29) is 24.9 Å². The zero-order valence-electron chi connectivity index (χ0n) is 12.1. The molecule has 0 aliphatic rings. The Balaban J connectivity index is 3.91. The maximum atomic E-state index is 11.6. The van der Waals surface area contributed by atoms with Crippen LogP contribution in [-0.4, -0.2) is 24.1 Å². The lowest BCUT2D eigenvalue weighted by molar-refractivity contribution is -0.154. The predicted octanol–water partition coefficient (Wildman–Crippen LogP) is 2.84. The van der Waals surface area contributed by atoms with Gasteiger partial charge < -0.3 is 9.47 Å². The highest BCUT2D eigenvalue weighted by Gasteiger charge is 2.15. The Kier molecular flexibility index (Phi) is 9.60. The molecule has 0 radical (unpaired) electrons. The van der Waals surface area contributed by atoms with Crippen LogP contribution in [-0.2, 0) is 19.1 Å². The van der Waals surface area contributed by atoms with E-state index in [1.54, 1.807) is 6.92 Å². The summed E-state index contributed by atoms with van der Waals surface area (Å²) in [5, 5.41) is 0. The third-order valence-corrected chi connectivity index (χ3v) is 2.71. The topological polar surface area (TPSA) is 52.6 Å². The normalized spacial score (nSPS) is 13.2. The molecule has 19 heavy (non-hydrogen) atoms. The van der Waals surface area contributed by atoms with Crippen molar-refractivity contribution in [3.8, 4) is 12.3 Å². The third-order valence-electron chi connectivity index (χ3n) is 2.71. The molecule has 0 aliphatic carbocycles. The Bertz CT molecular complexity index is 317. The highest BCUT2D eigenvalue weighted by Crippen LogP contribution is 2.10. The Hall–Kier alpha value is -1.50. The van der Waals surface area contributed by atoms with Crippen LogP contribution < -0.4 is 0 Å². The van der Waals surface area contributed by atoms with E-state index in [1.165, 1.54) is 0 Å². The monoisotopic (exact) mass is 268 g/mol. The fraction of sp³-hybridized carbons (Fsp3) is 0.733. The van der Waals surface area contributed by atoms with Crippen molar-refractivity contribution in [1.29, 1.82) is 0 Å². The molecule has 0 fully saturated rings. The molecule has 0 rings (SSSR count). The second kappa shape index (κ2) is 10.4. The number of carbonyl (C=O) groups is 2. The van der Waals surface area contributed by atoms with E-state index >= 15 is 0 Å². The van der Waals surface area contributed by atoms with E-state index in [4.69, 9.17) is 15.9 Å². The summed E-state index contributed by atoms with van der Waals surface area (Å²) in [7, 11) is 0. The first-order valence-electron chi connectivity index (χ1n) is 6.88. The van der Waals surface area contributed by atoms with Crippen molar-refractivity contribution in [2.75, 3.05) is 0 Å². The van der Waals surface area contributed by atoms with Crippen molar-refractivity contribution in [3.63, 3.8) is 0 Å². The van der Waals surface area contributed by atoms with Gasteiger partial charge in [-0.25, -0.2) is 0 Å². The molecular weight excluding hydrogens is 244 g/mol. The summed E-state index contributed by atoms with van der Waals surface area (Å²) in [5.41, 5.74) is 0. The molecule has 2 unspecified atom stereocenters. The summed E-state index contributed by atoms with van der Waals surface area (Å²) in [6.07, 6.45) is 8.31. The summed E-state index contributed by atoms with van der Waals surface area (Å²) in [6.45, 7) is 5.68. The van der Waals surface area contributed by atoms with Crippen molar-refractivity contribution >= 4 is 11.9 Å². The molecular formula is C15H24O4. The molecule has 108 valence electrons. The van der Waals surface area contributed by atoms with Gasteiger partial charge in [-0.2, -0.15) is 0 Å². The lowest BCUT2D eigenvalue weighted by atomic mass is 10.1. The number of esters is 2. The fourth-order valence-corrected chi connectivity index (χ4v) is 1.52. The van der Waals surface area contributed by atoms with Crippen molar-refractivity contribution in [2.45, 2.75) is 71.5 Å². The van der Waals surface area contributed by atoms with Gasteiger partial charge in [-0.1, -0.05) is 32.6 Å². The molecule has 0 spiro atoms. The molecule has 0 saturated carbocycles. The van der Waals surface area contributed by atoms with Gasteiger partial charge in [-0.05, 0) is 19.8 Å². The van der Waals surface area contributed by atoms with Crippen LogP contribution in [0.2, 0.25) is 0 Å². The van der Waals surface area contributed by atoms with Crippen LogP contribution in [0.1, 0.15) is 59.3 Å². The SMILES string of the molecule is C#CC(C)OC(=O)CCC(=O)OC(CC)CCCC. The Morgan fingerprint density at radius 1 is 1.16 bits per heavy atom. The van der Waals surface area contributed by atoms with Gasteiger partial charge in [-0.3, -0.25) is 9.59 Å². The van der Waals surface area contributed by atoms with Gasteiger partial charge in [0.15, 0.2) is 6.10 Å². The molecule has 0 aromatic heterocycles. The maximum absolute atomic E-state index is 11.6. The minimum absolute atomic E-state index is 0.00899. The number of hydrogen-bond donors (Lipinski definition) is 0. The highest BCUT2D eigenvalue weighted by atomic mass is 16.5. The first-order valence-corrected chi connectivity index (χ1v) is 6.88. The van der Waals surface area contributed by atoms with E-state index in [1.807, 2.05) is 6.92 Å². The van der Waals surface area contributed by atoms with Gasteiger partial charge in [0, 0.05) is 0 Å². The van der Waals surface area contributed by atoms with Crippen LogP contribution in [0.15, 0.2) is 0 Å². The Morgan fingerprint density at radius 2 is 1.74 bits per heavy atom. The zero-order valence-corrected chi connectivity index (χ0v) is 12.1. The van der Waals surface area contributed by atoms with Crippen LogP contribution in [0.3, 0.4) is 0 Å². The molecule has 4 heteroatoms. The minimum Gasteiger partial charge on any atom is -0.462 e. The van der Waals surface area contributed by atoms with Gasteiger partial charge in [0.25, 0.3) is 0 Å². The first kappa shape index (κ1) is 17.5. The first-order chi connectivity index (χ1) is 9.03. The maximum Gasteiger partial charge on any atom is 0.307 e. The predicted molar refractivity (Wildman–Crippen MR) is 73.3 cm³/mol. The van der Waals surface area contributed by atoms with Gasteiger partial charge in [-0.15, -0.1) is 6.42 Å². The quantitative estimate of drug-likeness (QED) is 0.476. The molecule has 0 amide bonds. The number of hydrogen-bond acceptors (Lipinski definition) is 4. The van der Waals surface area contributed by atoms with Crippen LogP contribution in [0.25, 0.3) is 0 Å². The largest absolute Gasteiger partial charge is 0.462 e. The van der Waals surface area contributed by atoms with Crippen LogP contribution >= 0.6 is 0 Å². The molecule has 2 atom stereocenters. The average Bonchev–Trinajstić information content (AvgIpc) is 2.40. The summed E-state index contributed by atoms with van der Waals surface area (Å²) < 4.78 is 10.2. The summed E-state index contributed by atoms with van der Waals surface area (Å²) in [4.78, 5) is 22.9. The molecule has 0 aliphatic heterocycles. The second-order valence-electron chi connectivity index (χ2n) is 4.46. The van der Waals surface area contributed by atoms with E-state index in [0.29, 0.717) is 0 Å². The van der Waals surface area contributed by atoms with Gasteiger partial charge in [0.05, 0.1) is 12.8 Å². The van der Waals surface area contributed by atoms with Gasteiger partial charge in [0.2, 0.25) is 0 Å². The molecule has 0 bridgehead atoms. The minimum atomic E-state index is -0.559. The van der Waals surface area contributed by atoms with Crippen molar-refractivity contribution in [3.05, 3.63) is 0 Å². The molecule has 0 heterocycles. The zero-order chi connectivity index (χ0) is 14.7. The van der Waals surface area contributed by atoms with Gasteiger partial charge in [0.1, 0.15) is 6.10 Å². The van der Waals surface area contributed by atoms with E-state index in [0.717, 1.165) is 25.7 Å². The van der Waals surface area contributed by atoms with E-state index < -0.39 is 12.1 Å². The third kappa shape index (κ3) is 9.12. The van der Waals surface area contributed by atoms with Crippen molar-refractivity contribution in [2.24, 2.45) is 0 Å². The van der Waals surface area contributed by atoms with Crippen molar-refractivity contribution < 1.29 is 19.1 Å². The van der Waals surface area contributed by atoms with Crippen molar-refractivity contribution in [1.82, 2.24) is 0 Å². The van der Waals surface area contributed by atoms with Gasteiger partial charge >= 0.3 is 11.9 Å². The van der Waals surface area contributed by atoms with E-state index in [9.17, 15) is 9.59 Å². The smallest absolute Gasteiger partial charge is 0.307 e. The Labute approximate surface area is 115 Å². The van der Waals surface area contributed by atoms with Crippen LogP contribution in [0, 0.1) is 12.3 Å².